The summed E-state index contributed by atoms with van der Waals surface area (Å²) < 4.78 is 18.8. The summed E-state index contributed by atoms with van der Waals surface area (Å²) in [6, 6.07) is 3.10. The van der Waals surface area contributed by atoms with Gasteiger partial charge in [0.25, 0.3) is 0 Å². The molecule has 1 heterocycles. The molecule has 1 aromatic carbocycles. The predicted molar refractivity (Wildman–Crippen MR) is 53.1 cm³/mol. The van der Waals surface area contributed by atoms with Gasteiger partial charge in [0.05, 0.1) is 11.6 Å². The summed E-state index contributed by atoms with van der Waals surface area (Å²) in [6.07, 6.45) is 1.65. The molecule has 0 aromatic heterocycles. The molecule has 2 nitrogen and oxygen atoms in total. The van der Waals surface area contributed by atoms with Gasteiger partial charge >= 0.3 is 0 Å². The Balaban J connectivity index is 2.53. The zero-order valence-electron chi connectivity index (χ0n) is 7.59. The minimum atomic E-state index is -0.499. The van der Waals surface area contributed by atoms with Gasteiger partial charge in [-0.25, -0.2) is 4.39 Å². The highest BCUT2D eigenvalue weighted by atomic mass is 35.5. The first-order chi connectivity index (χ1) is 6.70. The summed E-state index contributed by atoms with van der Waals surface area (Å²) in [4.78, 5) is 0. The fraction of sp³-hybridized carbons (Fsp3) is 0.400. The third-order valence-electron chi connectivity index (χ3n) is 2.39. The van der Waals surface area contributed by atoms with Crippen LogP contribution in [0.5, 0.6) is 5.75 Å². The van der Waals surface area contributed by atoms with Gasteiger partial charge in [-0.15, -0.1) is 0 Å². The highest BCUT2D eigenvalue weighted by Crippen LogP contribution is 2.35. The van der Waals surface area contributed by atoms with E-state index < -0.39 is 5.82 Å². The van der Waals surface area contributed by atoms with Crippen molar-refractivity contribution in [1.82, 2.24) is 0 Å². The van der Waals surface area contributed by atoms with Crippen molar-refractivity contribution in [1.29, 1.82) is 0 Å². The van der Waals surface area contributed by atoms with Gasteiger partial charge in [-0.3, -0.25) is 0 Å². The summed E-state index contributed by atoms with van der Waals surface area (Å²) >= 11 is 5.65. The molecular formula is C10H11ClFNO. The van der Waals surface area contributed by atoms with Crippen LogP contribution in [-0.2, 0) is 0 Å². The summed E-state index contributed by atoms with van der Waals surface area (Å²) in [5.41, 5.74) is 6.59. The van der Waals surface area contributed by atoms with Crippen LogP contribution >= 0.6 is 11.6 Å². The fourth-order valence-electron chi connectivity index (χ4n) is 1.62. The smallest absolute Gasteiger partial charge is 0.183 e. The Morgan fingerprint density at radius 2 is 2.29 bits per heavy atom. The van der Waals surface area contributed by atoms with E-state index in [0.29, 0.717) is 12.2 Å². The Kier molecular flexibility index (Phi) is 2.61. The molecule has 0 fully saturated rings. The van der Waals surface area contributed by atoms with Gasteiger partial charge in [0, 0.05) is 11.6 Å². The SMILES string of the molecule is N[C@H]1CCCOc2c1ccc(Cl)c2F. The molecule has 0 amide bonds. The largest absolute Gasteiger partial charge is 0.490 e. The first-order valence-electron chi connectivity index (χ1n) is 4.56. The van der Waals surface area contributed by atoms with Crippen LogP contribution < -0.4 is 10.5 Å². The number of rotatable bonds is 0. The maximum Gasteiger partial charge on any atom is 0.183 e. The Bertz CT molecular complexity index is 356. The maximum atomic E-state index is 13.5. The fourth-order valence-corrected chi connectivity index (χ4v) is 1.77. The monoisotopic (exact) mass is 215 g/mol. The molecule has 0 radical (unpaired) electrons. The van der Waals surface area contributed by atoms with Crippen LogP contribution in [0.2, 0.25) is 5.02 Å². The van der Waals surface area contributed by atoms with Crippen LogP contribution in [0.4, 0.5) is 4.39 Å². The number of ether oxygens (including phenoxy) is 1. The zero-order valence-corrected chi connectivity index (χ0v) is 8.35. The van der Waals surface area contributed by atoms with E-state index in [2.05, 4.69) is 0 Å². The highest BCUT2D eigenvalue weighted by molar-refractivity contribution is 6.30. The van der Waals surface area contributed by atoms with Crippen LogP contribution in [-0.4, -0.2) is 6.61 Å². The summed E-state index contributed by atoms with van der Waals surface area (Å²) in [7, 11) is 0. The van der Waals surface area contributed by atoms with Gasteiger partial charge < -0.3 is 10.5 Å². The number of hydrogen-bond donors (Lipinski definition) is 1. The topological polar surface area (TPSA) is 35.2 Å². The molecule has 4 heteroatoms. The molecule has 0 saturated carbocycles. The van der Waals surface area contributed by atoms with Gasteiger partial charge in [-0.05, 0) is 18.9 Å². The zero-order chi connectivity index (χ0) is 10.1. The van der Waals surface area contributed by atoms with Crippen LogP contribution in [0.25, 0.3) is 0 Å². The lowest BCUT2D eigenvalue weighted by atomic mass is 10.0. The Hall–Kier alpha value is -0.800. The van der Waals surface area contributed by atoms with E-state index in [9.17, 15) is 4.39 Å². The van der Waals surface area contributed by atoms with Crippen molar-refractivity contribution in [2.75, 3.05) is 6.61 Å². The van der Waals surface area contributed by atoms with E-state index in [1.165, 1.54) is 6.07 Å². The molecule has 0 bridgehead atoms. The molecule has 1 aliphatic rings. The average molecular weight is 216 g/mol. The van der Waals surface area contributed by atoms with Crippen LogP contribution in [0.15, 0.2) is 12.1 Å². The molecule has 14 heavy (non-hydrogen) atoms. The molecule has 0 spiro atoms. The molecule has 1 atom stereocenters. The molecule has 0 saturated heterocycles. The minimum Gasteiger partial charge on any atom is -0.490 e. The first-order valence-corrected chi connectivity index (χ1v) is 4.94. The standard InChI is InChI=1S/C10H11ClFNO/c11-7-4-3-6-8(13)2-1-5-14-10(6)9(7)12/h3-4,8H,1-2,5,13H2/t8-/m0/s1. The lowest BCUT2D eigenvalue weighted by molar-refractivity contribution is 0.301. The van der Waals surface area contributed by atoms with Crippen molar-refractivity contribution in [3.05, 3.63) is 28.5 Å². The third-order valence-corrected chi connectivity index (χ3v) is 2.68. The first kappa shape index (κ1) is 9.74. The second kappa shape index (κ2) is 3.75. The van der Waals surface area contributed by atoms with E-state index >= 15 is 0 Å². The number of benzene rings is 1. The number of halogens is 2. The van der Waals surface area contributed by atoms with Crippen LogP contribution in [0, 0.1) is 5.82 Å². The molecule has 0 unspecified atom stereocenters. The van der Waals surface area contributed by atoms with Gasteiger partial charge in [0.2, 0.25) is 0 Å². The lowest BCUT2D eigenvalue weighted by Crippen LogP contribution is -2.09. The molecule has 0 aliphatic carbocycles. The van der Waals surface area contributed by atoms with Crippen molar-refractivity contribution in [3.8, 4) is 5.75 Å². The normalized spacial score (nSPS) is 20.9. The van der Waals surface area contributed by atoms with E-state index in [0.717, 1.165) is 12.8 Å². The highest BCUT2D eigenvalue weighted by Gasteiger charge is 2.21. The van der Waals surface area contributed by atoms with Crippen LogP contribution in [0.1, 0.15) is 24.4 Å². The Morgan fingerprint density at radius 1 is 1.50 bits per heavy atom. The van der Waals surface area contributed by atoms with Gasteiger partial charge in [0.1, 0.15) is 0 Å². The molecule has 76 valence electrons. The molecular weight excluding hydrogens is 205 g/mol. The van der Waals surface area contributed by atoms with Gasteiger partial charge in [-0.2, -0.15) is 0 Å². The van der Waals surface area contributed by atoms with Crippen molar-refractivity contribution in [2.45, 2.75) is 18.9 Å². The maximum absolute atomic E-state index is 13.5. The summed E-state index contributed by atoms with van der Waals surface area (Å²) in [5, 5.41) is 0.0813. The van der Waals surface area contributed by atoms with E-state index in [4.69, 9.17) is 22.1 Å². The summed E-state index contributed by atoms with van der Waals surface area (Å²) in [6.45, 7) is 0.498. The molecule has 1 aromatic rings. The van der Waals surface area contributed by atoms with Gasteiger partial charge in [-0.1, -0.05) is 17.7 Å². The second-order valence-corrected chi connectivity index (χ2v) is 3.78. The van der Waals surface area contributed by atoms with E-state index in [1.807, 2.05) is 0 Å². The quantitative estimate of drug-likeness (QED) is 0.722. The molecule has 1 aliphatic heterocycles. The lowest BCUT2D eigenvalue weighted by Gasteiger charge is -2.12. The summed E-state index contributed by atoms with van der Waals surface area (Å²) in [5.74, 6) is -0.274. The average Bonchev–Trinajstić information content (AvgIpc) is 2.35. The van der Waals surface area contributed by atoms with Crippen LogP contribution in [0.3, 0.4) is 0 Å². The minimum absolute atomic E-state index is 0.0813. The van der Waals surface area contributed by atoms with Crippen molar-refractivity contribution in [3.63, 3.8) is 0 Å². The van der Waals surface area contributed by atoms with E-state index in [-0.39, 0.29) is 16.8 Å². The van der Waals surface area contributed by atoms with Crippen molar-refractivity contribution in [2.24, 2.45) is 5.73 Å². The second-order valence-electron chi connectivity index (χ2n) is 3.38. The number of hydrogen-bond acceptors (Lipinski definition) is 2. The Labute approximate surface area is 86.8 Å². The Morgan fingerprint density at radius 3 is 3.07 bits per heavy atom. The van der Waals surface area contributed by atoms with Crippen molar-refractivity contribution < 1.29 is 9.13 Å². The predicted octanol–water partition coefficient (Wildman–Crippen LogP) is 2.65. The van der Waals surface area contributed by atoms with Gasteiger partial charge in [0.15, 0.2) is 11.6 Å². The number of nitrogens with two attached hydrogens (primary N) is 1. The molecule has 2 N–H and O–H groups in total. The van der Waals surface area contributed by atoms with Crippen molar-refractivity contribution >= 4 is 11.6 Å². The van der Waals surface area contributed by atoms with E-state index in [1.54, 1.807) is 6.07 Å². The third kappa shape index (κ3) is 1.57. The molecule has 2 rings (SSSR count). The number of fused-ring (bicyclic) bond motifs is 1.